The van der Waals surface area contributed by atoms with Crippen LogP contribution in [0.1, 0.15) is 46.0 Å². The summed E-state index contributed by atoms with van der Waals surface area (Å²) in [6.45, 7) is 4.84. The highest BCUT2D eigenvalue weighted by Gasteiger charge is 2.37. The van der Waals surface area contributed by atoms with Crippen molar-refractivity contribution >= 4 is 11.9 Å². The molecule has 0 radical (unpaired) electrons. The highest BCUT2D eigenvalue weighted by molar-refractivity contribution is 5.81. The smallest absolute Gasteiger partial charge is 0.317 e. The number of rotatable bonds is 7. The van der Waals surface area contributed by atoms with Gasteiger partial charge in [0.2, 0.25) is 5.91 Å². The van der Waals surface area contributed by atoms with Crippen LogP contribution in [0.3, 0.4) is 0 Å². The number of likely N-dealkylation sites (N-methyl/N-ethyl adjacent to an activating group) is 1. The number of carboxylic acids is 1. The molecule has 2 aliphatic rings. The minimum atomic E-state index is -0.797. The van der Waals surface area contributed by atoms with E-state index >= 15 is 0 Å². The molecule has 2 fully saturated rings. The molecule has 0 bridgehead atoms. The van der Waals surface area contributed by atoms with E-state index in [2.05, 4.69) is 12.2 Å². The Morgan fingerprint density at radius 2 is 2.00 bits per heavy atom. The first-order valence-electron chi connectivity index (χ1n) is 7.95. The summed E-state index contributed by atoms with van der Waals surface area (Å²) >= 11 is 0. The molecule has 0 aromatic rings. The van der Waals surface area contributed by atoms with E-state index in [0.29, 0.717) is 0 Å². The van der Waals surface area contributed by atoms with Gasteiger partial charge in [-0.25, -0.2) is 0 Å². The average Bonchev–Trinajstić information content (AvgIpc) is 2.88. The third-order valence-electron chi connectivity index (χ3n) is 4.58. The van der Waals surface area contributed by atoms with Crippen LogP contribution in [0.2, 0.25) is 0 Å². The van der Waals surface area contributed by atoms with Crippen molar-refractivity contribution in [2.45, 2.75) is 70.2 Å². The summed E-state index contributed by atoms with van der Waals surface area (Å²) in [5, 5.41) is 11.9. The molecule has 1 saturated heterocycles. The second-order valence-corrected chi connectivity index (χ2v) is 6.02. The molecule has 0 aromatic heterocycles. The Balaban J connectivity index is 1.70. The van der Waals surface area contributed by atoms with Gasteiger partial charge in [0.25, 0.3) is 0 Å². The standard InChI is InChI=1S/C15H26N2O4/c1-3-12-5-6-13(21-12)15(20)16-10-7-11(8-10)17(4-2)9-14(18)19/h10-13H,3-9H2,1-2H3,(H,16,20)(H,18,19). The fourth-order valence-electron chi connectivity index (χ4n) is 3.17. The maximum atomic E-state index is 12.1. The first-order valence-corrected chi connectivity index (χ1v) is 7.95. The summed E-state index contributed by atoms with van der Waals surface area (Å²) in [6, 6.07) is 0.430. The lowest BCUT2D eigenvalue weighted by Crippen LogP contribution is -2.56. The molecule has 6 nitrogen and oxygen atoms in total. The number of nitrogens with zero attached hydrogens (tertiary/aromatic N) is 1. The van der Waals surface area contributed by atoms with Gasteiger partial charge < -0.3 is 15.2 Å². The Labute approximate surface area is 125 Å². The van der Waals surface area contributed by atoms with Crippen molar-refractivity contribution in [1.82, 2.24) is 10.2 Å². The van der Waals surface area contributed by atoms with Crippen LogP contribution < -0.4 is 5.32 Å². The molecule has 0 spiro atoms. The Morgan fingerprint density at radius 3 is 2.52 bits per heavy atom. The van der Waals surface area contributed by atoms with Crippen LogP contribution in [0, 0.1) is 0 Å². The monoisotopic (exact) mass is 298 g/mol. The number of ether oxygens (including phenoxy) is 1. The predicted octanol–water partition coefficient (Wildman–Crippen LogP) is 0.998. The minimum absolute atomic E-state index is 0.00400. The van der Waals surface area contributed by atoms with Gasteiger partial charge in [-0.2, -0.15) is 0 Å². The molecule has 6 heteroatoms. The first kappa shape index (κ1) is 16.2. The molecule has 21 heavy (non-hydrogen) atoms. The zero-order chi connectivity index (χ0) is 15.4. The molecule has 120 valence electrons. The number of hydrogen-bond acceptors (Lipinski definition) is 4. The number of carbonyl (C=O) groups is 2. The van der Waals surface area contributed by atoms with Gasteiger partial charge in [0.1, 0.15) is 6.10 Å². The van der Waals surface area contributed by atoms with Gasteiger partial charge in [-0.3, -0.25) is 14.5 Å². The normalized spacial score (nSPS) is 32.0. The number of carboxylic acid groups (broad SMARTS) is 1. The van der Waals surface area contributed by atoms with Crippen molar-refractivity contribution in [2.75, 3.05) is 13.1 Å². The zero-order valence-electron chi connectivity index (χ0n) is 12.9. The molecular formula is C15H26N2O4. The van der Waals surface area contributed by atoms with E-state index in [4.69, 9.17) is 9.84 Å². The Morgan fingerprint density at radius 1 is 1.29 bits per heavy atom. The zero-order valence-corrected chi connectivity index (χ0v) is 12.9. The maximum absolute atomic E-state index is 12.1. The van der Waals surface area contributed by atoms with Crippen LogP contribution in [-0.2, 0) is 14.3 Å². The number of hydrogen-bond donors (Lipinski definition) is 2. The van der Waals surface area contributed by atoms with Crippen molar-refractivity contribution in [2.24, 2.45) is 0 Å². The van der Waals surface area contributed by atoms with Crippen molar-refractivity contribution < 1.29 is 19.4 Å². The molecule has 0 aromatic carbocycles. The fraction of sp³-hybridized carbons (Fsp3) is 0.867. The molecule has 2 N–H and O–H groups in total. The minimum Gasteiger partial charge on any atom is -0.480 e. The van der Waals surface area contributed by atoms with Gasteiger partial charge in [-0.1, -0.05) is 13.8 Å². The summed E-state index contributed by atoms with van der Waals surface area (Å²) in [5.41, 5.74) is 0. The lowest BCUT2D eigenvalue weighted by Gasteiger charge is -2.42. The second kappa shape index (κ2) is 7.22. The number of carbonyl (C=O) groups excluding carboxylic acids is 1. The molecule has 1 amide bonds. The van der Waals surface area contributed by atoms with Gasteiger partial charge in [-0.05, 0) is 38.6 Å². The van der Waals surface area contributed by atoms with Crippen LogP contribution in [0.25, 0.3) is 0 Å². The first-order chi connectivity index (χ1) is 10.0. The van der Waals surface area contributed by atoms with E-state index < -0.39 is 5.97 Å². The molecule has 1 heterocycles. The lowest BCUT2D eigenvalue weighted by molar-refractivity contribution is -0.140. The molecule has 2 rings (SSSR count). The van der Waals surface area contributed by atoms with Crippen molar-refractivity contribution in [3.8, 4) is 0 Å². The topological polar surface area (TPSA) is 78.9 Å². The van der Waals surface area contributed by atoms with Crippen molar-refractivity contribution in [3.05, 3.63) is 0 Å². The Bertz CT molecular complexity index is 382. The van der Waals surface area contributed by atoms with Crippen LogP contribution in [0.4, 0.5) is 0 Å². The largest absolute Gasteiger partial charge is 0.480 e. The third-order valence-corrected chi connectivity index (χ3v) is 4.58. The summed E-state index contributed by atoms with van der Waals surface area (Å²) in [5.74, 6) is -0.801. The molecule has 1 aliphatic heterocycles. The van der Waals surface area contributed by atoms with E-state index in [0.717, 1.165) is 38.6 Å². The third kappa shape index (κ3) is 4.17. The Hall–Kier alpha value is -1.14. The maximum Gasteiger partial charge on any atom is 0.317 e. The van der Waals surface area contributed by atoms with Crippen LogP contribution in [-0.4, -0.2) is 59.3 Å². The van der Waals surface area contributed by atoms with Crippen LogP contribution in [0.15, 0.2) is 0 Å². The Kier molecular flexibility index (Phi) is 5.58. The molecule has 2 atom stereocenters. The average molecular weight is 298 g/mol. The van der Waals surface area contributed by atoms with E-state index in [-0.39, 0.29) is 36.7 Å². The predicted molar refractivity (Wildman–Crippen MR) is 78.0 cm³/mol. The van der Waals surface area contributed by atoms with Gasteiger partial charge in [0.15, 0.2) is 0 Å². The summed E-state index contributed by atoms with van der Waals surface area (Å²) in [6.07, 6.45) is 4.31. The quantitative estimate of drug-likeness (QED) is 0.733. The fourth-order valence-corrected chi connectivity index (χ4v) is 3.17. The van der Waals surface area contributed by atoms with Gasteiger partial charge in [0, 0.05) is 12.1 Å². The van der Waals surface area contributed by atoms with E-state index in [9.17, 15) is 9.59 Å². The summed E-state index contributed by atoms with van der Waals surface area (Å²) < 4.78 is 5.69. The van der Waals surface area contributed by atoms with E-state index in [1.165, 1.54) is 0 Å². The highest BCUT2D eigenvalue weighted by Crippen LogP contribution is 2.27. The second-order valence-electron chi connectivity index (χ2n) is 6.02. The number of aliphatic carboxylic acids is 1. The number of amides is 1. The summed E-state index contributed by atoms with van der Waals surface area (Å²) in [7, 11) is 0. The SMILES string of the molecule is CCC1CCC(C(=O)NC2CC(N(CC)CC(=O)O)C2)O1. The molecule has 2 unspecified atom stereocenters. The van der Waals surface area contributed by atoms with Crippen molar-refractivity contribution in [3.63, 3.8) is 0 Å². The molecule has 1 aliphatic carbocycles. The highest BCUT2D eigenvalue weighted by atomic mass is 16.5. The molecular weight excluding hydrogens is 272 g/mol. The van der Waals surface area contributed by atoms with Crippen LogP contribution in [0.5, 0.6) is 0 Å². The van der Waals surface area contributed by atoms with E-state index in [1.54, 1.807) is 0 Å². The summed E-state index contributed by atoms with van der Waals surface area (Å²) in [4.78, 5) is 24.8. The lowest BCUT2D eigenvalue weighted by atomic mass is 9.85. The molecule has 1 saturated carbocycles. The van der Waals surface area contributed by atoms with Gasteiger partial charge >= 0.3 is 5.97 Å². The van der Waals surface area contributed by atoms with Crippen molar-refractivity contribution in [1.29, 1.82) is 0 Å². The van der Waals surface area contributed by atoms with Gasteiger partial charge in [0.05, 0.1) is 12.6 Å². The van der Waals surface area contributed by atoms with E-state index in [1.807, 2.05) is 11.8 Å². The number of nitrogens with one attached hydrogen (secondary N) is 1. The van der Waals surface area contributed by atoms with Crippen LogP contribution >= 0.6 is 0 Å². The van der Waals surface area contributed by atoms with Gasteiger partial charge in [-0.15, -0.1) is 0 Å².